The highest BCUT2D eigenvalue weighted by Gasteiger charge is 2.26. The highest BCUT2D eigenvalue weighted by atomic mass is 32.1. The van der Waals surface area contributed by atoms with Crippen molar-refractivity contribution in [3.63, 3.8) is 0 Å². The summed E-state index contributed by atoms with van der Waals surface area (Å²) in [4.78, 5) is 31.1. The van der Waals surface area contributed by atoms with Gasteiger partial charge in [0.2, 0.25) is 5.91 Å². The second-order valence-electron chi connectivity index (χ2n) is 6.47. The topological polar surface area (TPSA) is 62.3 Å². The molecule has 0 saturated carbocycles. The number of carbonyl (C=O) groups is 2. The van der Waals surface area contributed by atoms with Crippen molar-refractivity contribution in [1.82, 2.24) is 15.2 Å². The molecule has 6 heteroatoms. The third kappa shape index (κ3) is 4.25. The highest BCUT2D eigenvalue weighted by molar-refractivity contribution is 7.17. The summed E-state index contributed by atoms with van der Waals surface area (Å²) in [7, 11) is 0. The Hall–Kier alpha value is -2.21. The zero-order valence-electron chi connectivity index (χ0n) is 14.6. The van der Waals surface area contributed by atoms with Crippen LogP contribution in [0.1, 0.15) is 35.1 Å². The lowest BCUT2D eigenvalue weighted by atomic mass is 9.96. The van der Waals surface area contributed by atoms with Crippen LogP contribution in [-0.4, -0.2) is 41.3 Å². The Morgan fingerprint density at radius 3 is 2.56 bits per heavy atom. The van der Waals surface area contributed by atoms with E-state index in [0.29, 0.717) is 12.5 Å². The van der Waals surface area contributed by atoms with E-state index >= 15 is 0 Å². The molecule has 0 radical (unpaired) electrons. The molecular weight excluding hydrogens is 334 g/mol. The molecule has 0 atom stereocenters. The number of aromatic nitrogens is 1. The van der Waals surface area contributed by atoms with Gasteiger partial charge in [0.1, 0.15) is 9.88 Å². The molecule has 132 valence electrons. The fraction of sp³-hybridized carbons (Fsp3) is 0.421. The first-order valence-corrected chi connectivity index (χ1v) is 9.43. The summed E-state index contributed by atoms with van der Waals surface area (Å²) >= 11 is 1.47. The number of nitrogens with zero attached hydrogens (tertiary/aromatic N) is 2. The molecule has 25 heavy (non-hydrogen) atoms. The van der Waals surface area contributed by atoms with Crippen LogP contribution in [0.5, 0.6) is 0 Å². The first kappa shape index (κ1) is 17.6. The molecule has 0 unspecified atom stereocenters. The lowest BCUT2D eigenvalue weighted by Gasteiger charge is -2.31. The second-order valence-corrected chi connectivity index (χ2v) is 7.47. The van der Waals surface area contributed by atoms with Gasteiger partial charge in [0, 0.05) is 32.1 Å². The molecule has 1 aliphatic rings. The number of amides is 2. The second kappa shape index (κ2) is 7.78. The van der Waals surface area contributed by atoms with Crippen LogP contribution in [0.25, 0.3) is 10.6 Å². The average molecular weight is 357 g/mol. The molecular formula is C19H23N3O2S. The van der Waals surface area contributed by atoms with E-state index in [1.807, 2.05) is 42.2 Å². The molecule has 0 spiro atoms. The van der Waals surface area contributed by atoms with Gasteiger partial charge in [-0.15, -0.1) is 11.3 Å². The van der Waals surface area contributed by atoms with Gasteiger partial charge < -0.3 is 10.2 Å². The quantitative estimate of drug-likeness (QED) is 0.914. The Morgan fingerprint density at radius 1 is 1.24 bits per heavy atom. The van der Waals surface area contributed by atoms with Crippen LogP contribution < -0.4 is 5.32 Å². The number of likely N-dealkylation sites (tertiary alicyclic amines) is 1. The van der Waals surface area contributed by atoms with Gasteiger partial charge in [0.15, 0.2) is 0 Å². The molecule has 1 aliphatic heterocycles. The van der Waals surface area contributed by atoms with E-state index in [4.69, 9.17) is 0 Å². The van der Waals surface area contributed by atoms with Crippen molar-refractivity contribution in [2.75, 3.05) is 19.6 Å². The van der Waals surface area contributed by atoms with Crippen LogP contribution in [0.15, 0.2) is 30.3 Å². The highest BCUT2D eigenvalue weighted by Crippen LogP contribution is 2.29. The SMILES string of the molecule is CC(=O)NCC1CCN(C(=O)c2sc(-c3ccccc3)nc2C)CC1. The molecule has 1 aromatic heterocycles. The van der Waals surface area contributed by atoms with Crippen molar-refractivity contribution in [2.45, 2.75) is 26.7 Å². The Labute approximate surface area is 152 Å². The number of nitrogens with one attached hydrogen (secondary N) is 1. The number of piperidine rings is 1. The zero-order valence-corrected chi connectivity index (χ0v) is 15.4. The van der Waals surface area contributed by atoms with Crippen LogP contribution in [-0.2, 0) is 4.79 Å². The number of rotatable bonds is 4. The summed E-state index contributed by atoms with van der Waals surface area (Å²) in [6.07, 6.45) is 1.85. The minimum atomic E-state index is 0.00670. The number of hydrogen-bond acceptors (Lipinski definition) is 4. The molecule has 0 bridgehead atoms. The van der Waals surface area contributed by atoms with Crippen LogP contribution in [0, 0.1) is 12.8 Å². The summed E-state index contributed by atoms with van der Waals surface area (Å²) in [5.41, 5.74) is 1.85. The van der Waals surface area contributed by atoms with Crippen molar-refractivity contribution in [2.24, 2.45) is 5.92 Å². The molecule has 1 fully saturated rings. The smallest absolute Gasteiger partial charge is 0.265 e. The van der Waals surface area contributed by atoms with Gasteiger partial charge in [-0.2, -0.15) is 0 Å². The molecule has 1 N–H and O–H groups in total. The van der Waals surface area contributed by atoms with E-state index in [2.05, 4.69) is 10.3 Å². The Bertz CT molecular complexity index is 749. The van der Waals surface area contributed by atoms with Crippen LogP contribution in [0.2, 0.25) is 0 Å². The Kier molecular flexibility index (Phi) is 5.48. The Balaban J connectivity index is 1.64. The molecule has 1 aromatic carbocycles. The fourth-order valence-corrected chi connectivity index (χ4v) is 4.11. The monoisotopic (exact) mass is 357 g/mol. The van der Waals surface area contributed by atoms with Crippen molar-refractivity contribution in [3.05, 3.63) is 40.9 Å². The summed E-state index contributed by atoms with van der Waals surface area (Å²) in [6, 6.07) is 9.96. The van der Waals surface area contributed by atoms with Crippen molar-refractivity contribution < 1.29 is 9.59 Å². The lowest BCUT2D eigenvalue weighted by molar-refractivity contribution is -0.119. The van der Waals surface area contributed by atoms with Crippen LogP contribution in [0.3, 0.4) is 0 Å². The summed E-state index contributed by atoms with van der Waals surface area (Å²) in [5.74, 6) is 0.540. The molecule has 0 aliphatic carbocycles. The first-order valence-electron chi connectivity index (χ1n) is 8.61. The largest absolute Gasteiger partial charge is 0.356 e. The average Bonchev–Trinajstić information content (AvgIpc) is 3.02. The predicted octanol–water partition coefficient (Wildman–Crippen LogP) is 3.11. The maximum Gasteiger partial charge on any atom is 0.265 e. The normalized spacial score (nSPS) is 15.2. The summed E-state index contributed by atoms with van der Waals surface area (Å²) in [5, 5.41) is 3.76. The number of hydrogen-bond donors (Lipinski definition) is 1. The maximum absolute atomic E-state index is 12.9. The van der Waals surface area contributed by atoms with Gasteiger partial charge >= 0.3 is 0 Å². The molecule has 3 rings (SSSR count). The van der Waals surface area contributed by atoms with Crippen LogP contribution >= 0.6 is 11.3 Å². The van der Waals surface area contributed by atoms with E-state index in [-0.39, 0.29) is 11.8 Å². The maximum atomic E-state index is 12.9. The summed E-state index contributed by atoms with van der Waals surface area (Å²) < 4.78 is 0. The van der Waals surface area contributed by atoms with Gasteiger partial charge in [-0.3, -0.25) is 9.59 Å². The number of aryl methyl sites for hydroxylation is 1. The van der Waals surface area contributed by atoms with Crippen molar-refractivity contribution in [1.29, 1.82) is 0 Å². The summed E-state index contributed by atoms with van der Waals surface area (Å²) in [6.45, 7) is 5.62. The van der Waals surface area contributed by atoms with Gasteiger partial charge in [0.25, 0.3) is 5.91 Å². The first-order chi connectivity index (χ1) is 12.0. The molecule has 2 amide bonds. The number of thiazole rings is 1. The molecule has 2 heterocycles. The zero-order chi connectivity index (χ0) is 17.8. The molecule has 2 aromatic rings. The van der Waals surface area contributed by atoms with Gasteiger partial charge in [-0.25, -0.2) is 4.98 Å². The van der Waals surface area contributed by atoms with Crippen molar-refractivity contribution in [3.8, 4) is 10.6 Å². The fourth-order valence-electron chi connectivity index (χ4n) is 3.07. The van der Waals surface area contributed by atoms with Crippen molar-refractivity contribution >= 4 is 23.2 Å². The minimum absolute atomic E-state index is 0.00670. The van der Waals surface area contributed by atoms with E-state index in [1.54, 1.807) is 0 Å². The van der Waals surface area contributed by atoms with E-state index in [9.17, 15) is 9.59 Å². The third-order valence-electron chi connectivity index (χ3n) is 4.55. The standard InChI is InChI=1S/C19H23N3O2S/c1-13-17(25-18(21-13)16-6-4-3-5-7-16)19(24)22-10-8-15(9-11-22)12-20-14(2)23/h3-7,15H,8-12H2,1-2H3,(H,20,23). The lowest BCUT2D eigenvalue weighted by Crippen LogP contribution is -2.41. The number of benzene rings is 1. The number of carbonyl (C=O) groups excluding carboxylic acids is 2. The van der Waals surface area contributed by atoms with Gasteiger partial charge in [-0.1, -0.05) is 30.3 Å². The van der Waals surface area contributed by atoms with E-state index in [0.717, 1.165) is 47.1 Å². The minimum Gasteiger partial charge on any atom is -0.356 e. The van der Waals surface area contributed by atoms with E-state index < -0.39 is 0 Å². The van der Waals surface area contributed by atoms with E-state index in [1.165, 1.54) is 18.3 Å². The predicted molar refractivity (Wildman–Crippen MR) is 99.6 cm³/mol. The van der Waals surface area contributed by atoms with Gasteiger partial charge in [0.05, 0.1) is 5.69 Å². The molecule has 1 saturated heterocycles. The Morgan fingerprint density at radius 2 is 1.92 bits per heavy atom. The van der Waals surface area contributed by atoms with Crippen LogP contribution in [0.4, 0.5) is 0 Å². The third-order valence-corrected chi connectivity index (χ3v) is 5.75. The molecule has 5 nitrogen and oxygen atoms in total. The van der Waals surface area contributed by atoms with Gasteiger partial charge in [-0.05, 0) is 25.7 Å².